The fraction of sp³-hybridized carbons (Fsp3) is 0.250. The molecule has 1 saturated carbocycles. The Balaban J connectivity index is 1.43. The number of hydrogen-bond acceptors (Lipinski definition) is 5. The molecule has 0 saturated heterocycles. The summed E-state index contributed by atoms with van der Waals surface area (Å²) in [6, 6.07) is 13.8. The van der Waals surface area contributed by atoms with Crippen molar-refractivity contribution in [3.05, 3.63) is 60.0 Å². The van der Waals surface area contributed by atoms with Gasteiger partial charge in [0.2, 0.25) is 5.78 Å². The van der Waals surface area contributed by atoms with Gasteiger partial charge in [-0.1, -0.05) is 25.0 Å². The third-order valence-electron chi connectivity index (χ3n) is 4.49. The smallest absolute Gasteiger partial charge is 0.412 e. The van der Waals surface area contributed by atoms with Crippen molar-refractivity contribution in [2.24, 2.45) is 0 Å². The van der Waals surface area contributed by atoms with E-state index in [0.717, 1.165) is 25.7 Å². The van der Waals surface area contributed by atoms with Gasteiger partial charge in [-0.2, -0.15) is 0 Å². The van der Waals surface area contributed by atoms with Crippen molar-refractivity contribution in [1.29, 1.82) is 0 Å². The minimum absolute atomic E-state index is 0.0406. The number of para-hydroxylation sites is 2. The van der Waals surface area contributed by atoms with E-state index < -0.39 is 6.09 Å². The molecule has 1 amide bonds. The molecule has 1 heterocycles. The van der Waals surface area contributed by atoms with Crippen LogP contribution in [0.1, 0.15) is 41.9 Å². The standard InChI is InChI=1S/C20H18N2O4/c23-18(19-22-16-7-3-4-8-17(16)26-19)13-9-11-15(12-10-13)25-20(24)21-14-5-1-2-6-14/h3-4,7-12,14H,1-2,5-6H2,(H,21,24). The molecule has 1 aromatic heterocycles. The number of carbonyl (C=O) groups is 2. The Morgan fingerprint density at radius 1 is 1.04 bits per heavy atom. The first-order valence-electron chi connectivity index (χ1n) is 8.68. The number of benzene rings is 2. The molecular weight excluding hydrogens is 332 g/mol. The van der Waals surface area contributed by atoms with E-state index in [-0.39, 0.29) is 17.7 Å². The first kappa shape index (κ1) is 16.3. The monoisotopic (exact) mass is 350 g/mol. The maximum atomic E-state index is 12.5. The molecule has 132 valence electrons. The summed E-state index contributed by atoms with van der Waals surface area (Å²) < 4.78 is 10.8. The first-order valence-corrected chi connectivity index (χ1v) is 8.68. The highest BCUT2D eigenvalue weighted by molar-refractivity contribution is 6.07. The van der Waals surface area contributed by atoms with Crippen LogP contribution >= 0.6 is 0 Å². The number of aromatic nitrogens is 1. The fourth-order valence-corrected chi connectivity index (χ4v) is 3.14. The fourth-order valence-electron chi connectivity index (χ4n) is 3.14. The third-order valence-corrected chi connectivity index (χ3v) is 4.49. The lowest BCUT2D eigenvalue weighted by Crippen LogP contribution is -2.34. The molecule has 0 radical (unpaired) electrons. The van der Waals surface area contributed by atoms with Crippen LogP contribution in [0.15, 0.2) is 52.9 Å². The van der Waals surface area contributed by atoms with Gasteiger partial charge in [0, 0.05) is 11.6 Å². The first-order chi connectivity index (χ1) is 12.7. The highest BCUT2D eigenvalue weighted by Crippen LogP contribution is 2.20. The molecule has 0 bridgehead atoms. The van der Waals surface area contributed by atoms with Gasteiger partial charge < -0.3 is 14.5 Å². The van der Waals surface area contributed by atoms with Crippen molar-refractivity contribution >= 4 is 23.0 Å². The van der Waals surface area contributed by atoms with E-state index in [4.69, 9.17) is 9.15 Å². The van der Waals surface area contributed by atoms with E-state index in [1.807, 2.05) is 12.1 Å². The molecule has 6 nitrogen and oxygen atoms in total. The molecule has 0 spiro atoms. The molecule has 1 aliphatic carbocycles. The van der Waals surface area contributed by atoms with Gasteiger partial charge in [0.15, 0.2) is 5.58 Å². The van der Waals surface area contributed by atoms with Crippen LogP contribution in [0, 0.1) is 0 Å². The molecule has 6 heteroatoms. The van der Waals surface area contributed by atoms with Crippen LogP contribution in [0.5, 0.6) is 5.75 Å². The van der Waals surface area contributed by atoms with Crippen molar-refractivity contribution in [2.45, 2.75) is 31.7 Å². The van der Waals surface area contributed by atoms with Gasteiger partial charge in [0.25, 0.3) is 5.89 Å². The van der Waals surface area contributed by atoms with E-state index in [2.05, 4.69) is 10.3 Å². The highest BCUT2D eigenvalue weighted by atomic mass is 16.6. The van der Waals surface area contributed by atoms with E-state index in [1.54, 1.807) is 36.4 Å². The number of amides is 1. The summed E-state index contributed by atoms with van der Waals surface area (Å²) in [7, 11) is 0. The zero-order chi connectivity index (χ0) is 17.9. The van der Waals surface area contributed by atoms with Crippen LogP contribution in [-0.4, -0.2) is 22.9 Å². The summed E-state index contributed by atoms with van der Waals surface area (Å²) >= 11 is 0. The Morgan fingerprint density at radius 2 is 1.77 bits per heavy atom. The van der Waals surface area contributed by atoms with Crippen molar-refractivity contribution in [3.63, 3.8) is 0 Å². The molecule has 1 fully saturated rings. The van der Waals surface area contributed by atoms with Crippen molar-refractivity contribution in [3.8, 4) is 5.75 Å². The number of nitrogens with zero attached hydrogens (tertiary/aromatic N) is 1. The van der Waals surface area contributed by atoms with E-state index in [0.29, 0.717) is 22.4 Å². The van der Waals surface area contributed by atoms with Gasteiger partial charge in [-0.05, 0) is 49.2 Å². The lowest BCUT2D eigenvalue weighted by molar-refractivity contribution is 0.100. The molecule has 0 unspecified atom stereocenters. The molecule has 26 heavy (non-hydrogen) atoms. The number of ketones is 1. The van der Waals surface area contributed by atoms with Crippen molar-refractivity contribution in [1.82, 2.24) is 10.3 Å². The lowest BCUT2D eigenvalue weighted by atomic mass is 10.1. The molecule has 2 aromatic carbocycles. The summed E-state index contributed by atoms with van der Waals surface area (Å²) in [5.41, 5.74) is 1.62. The van der Waals surface area contributed by atoms with Gasteiger partial charge in [-0.15, -0.1) is 0 Å². The summed E-state index contributed by atoms with van der Waals surface area (Å²) in [4.78, 5) is 28.6. The summed E-state index contributed by atoms with van der Waals surface area (Å²) in [6.07, 6.45) is 3.80. The molecule has 0 aliphatic heterocycles. The predicted molar refractivity (Wildman–Crippen MR) is 95.3 cm³/mol. The predicted octanol–water partition coefficient (Wildman–Crippen LogP) is 4.09. The van der Waals surface area contributed by atoms with E-state index in [1.165, 1.54) is 0 Å². The Morgan fingerprint density at radius 3 is 2.50 bits per heavy atom. The van der Waals surface area contributed by atoms with Crippen LogP contribution in [0.25, 0.3) is 11.1 Å². The molecule has 1 aliphatic rings. The van der Waals surface area contributed by atoms with Gasteiger partial charge >= 0.3 is 6.09 Å². The zero-order valence-electron chi connectivity index (χ0n) is 14.1. The minimum atomic E-state index is -0.463. The van der Waals surface area contributed by atoms with Crippen LogP contribution in [-0.2, 0) is 0 Å². The SMILES string of the molecule is O=C(NC1CCCC1)Oc1ccc(C(=O)c2nc3ccccc3o2)cc1. The molecular formula is C20H18N2O4. The van der Waals surface area contributed by atoms with Gasteiger partial charge in [-0.25, -0.2) is 9.78 Å². The number of carbonyl (C=O) groups excluding carboxylic acids is 2. The zero-order valence-corrected chi connectivity index (χ0v) is 14.1. The number of hydrogen-bond donors (Lipinski definition) is 1. The number of nitrogens with one attached hydrogen (secondary N) is 1. The molecule has 4 rings (SSSR count). The van der Waals surface area contributed by atoms with Crippen LogP contribution in [0.4, 0.5) is 4.79 Å². The largest absolute Gasteiger partial charge is 0.433 e. The second kappa shape index (κ2) is 7.00. The van der Waals surface area contributed by atoms with Gasteiger partial charge in [-0.3, -0.25) is 4.79 Å². The van der Waals surface area contributed by atoms with E-state index in [9.17, 15) is 9.59 Å². The summed E-state index contributed by atoms with van der Waals surface area (Å²) in [6.45, 7) is 0. The topological polar surface area (TPSA) is 81.4 Å². The number of fused-ring (bicyclic) bond motifs is 1. The van der Waals surface area contributed by atoms with Crippen LogP contribution in [0.3, 0.4) is 0 Å². The second-order valence-electron chi connectivity index (χ2n) is 6.36. The maximum Gasteiger partial charge on any atom is 0.412 e. The highest BCUT2D eigenvalue weighted by Gasteiger charge is 2.19. The Kier molecular flexibility index (Phi) is 4.39. The molecule has 3 aromatic rings. The minimum Gasteiger partial charge on any atom is -0.433 e. The summed E-state index contributed by atoms with van der Waals surface area (Å²) in [5, 5.41) is 2.85. The second-order valence-corrected chi connectivity index (χ2v) is 6.36. The van der Waals surface area contributed by atoms with E-state index >= 15 is 0 Å². The van der Waals surface area contributed by atoms with Crippen molar-refractivity contribution < 1.29 is 18.7 Å². The maximum absolute atomic E-state index is 12.5. The third kappa shape index (κ3) is 3.44. The molecule has 0 atom stereocenters. The van der Waals surface area contributed by atoms with Crippen molar-refractivity contribution in [2.75, 3.05) is 0 Å². The quantitative estimate of drug-likeness (QED) is 0.717. The normalized spacial score (nSPS) is 14.5. The molecule has 1 N–H and O–H groups in total. The van der Waals surface area contributed by atoms with Crippen LogP contribution in [0.2, 0.25) is 0 Å². The van der Waals surface area contributed by atoms with Gasteiger partial charge in [0.1, 0.15) is 11.3 Å². The Hall–Kier alpha value is -3.15. The lowest BCUT2D eigenvalue weighted by Gasteiger charge is -2.11. The average Bonchev–Trinajstić information content (AvgIpc) is 3.31. The number of ether oxygens (including phenoxy) is 1. The summed E-state index contributed by atoms with van der Waals surface area (Å²) in [5.74, 6) is 0.108. The van der Waals surface area contributed by atoms with Crippen LogP contribution < -0.4 is 10.1 Å². The number of oxazole rings is 1. The average molecular weight is 350 g/mol. The Labute approximate surface area is 150 Å². The number of rotatable bonds is 4. The Bertz CT molecular complexity index is 907. The van der Waals surface area contributed by atoms with Gasteiger partial charge in [0.05, 0.1) is 0 Å².